The van der Waals surface area contributed by atoms with E-state index in [9.17, 15) is 0 Å². The van der Waals surface area contributed by atoms with Crippen molar-refractivity contribution in [2.45, 2.75) is 63.7 Å². The third-order valence-corrected chi connectivity index (χ3v) is 5.37. The number of benzene rings is 1. The van der Waals surface area contributed by atoms with Crippen LogP contribution in [0.2, 0.25) is 0 Å². The molecule has 2 fully saturated rings. The molecule has 110 valence electrons. The van der Waals surface area contributed by atoms with Gasteiger partial charge in [0.2, 0.25) is 0 Å². The Kier molecular flexibility index (Phi) is 4.42. The highest BCUT2D eigenvalue weighted by Gasteiger charge is 2.40. The van der Waals surface area contributed by atoms with Gasteiger partial charge in [-0.25, -0.2) is 0 Å². The maximum Gasteiger partial charge on any atom is 0.0239 e. The van der Waals surface area contributed by atoms with Crippen LogP contribution >= 0.6 is 0 Å². The van der Waals surface area contributed by atoms with Crippen LogP contribution in [0.4, 0.5) is 0 Å². The molecular weight excluding hydrogens is 244 g/mol. The van der Waals surface area contributed by atoms with E-state index in [-0.39, 0.29) is 0 Å². The Morgan fingerprint density at radius 1 is 1.15 bits per heavy atom. The van der Waals surface area contributed by atoms with Gasteiger partial charge in [-0.2, -0.15) is 0 Å². The second-order valence-corrected chi connectivity index (χ2v) is 6.81. The first-order chi connectivity index (χ1) is 9.76. The van der Waals surface area contributed by atoms with Crippen LogP contribution in [-0.4, -0.2) is 30.1 Å². The van der Waals surface area contributed by atoms with E-state index in [1.54, 1.807) is 0 Å². The number of rotatable bonds is 5. The van der Waals surface area contributed by atoms with Crippen molar-refractivity contribution < 1.29 is 0 Å². The van der Waals surface area contributed by atoms with Gasteiger partial charge in [0.25, 0.3) is 0 Å². The lowest BCUT2D eigenvalue weighted by atomic mass is 9.86. The topological polar surface area (TPSA) is 15.3 Å². The summed E-state index contributed by atoms with van der Waals surface area (Å²) >= 11 is 0. The maximum atomic E-state index is 3.40. The third kappa shape index (κ3) is 3.07. The van der Waals surface area contributed by atoms with Crippen LogP contribution in [0, 0.1) is 5.92 Å². The molecule has 2 aliphatic rings. The number of hydrogen-bond donors (Lipinski definition) is 1. The highest BCUT2D eigenvalue weighted by atomic mass is 15.2. The summed E-state index contributed by atoms with van der Waals surface area (Å²) in [6.07, 6.45) is 7.01. The summed E-state index contributed by atoms with van der Waals surface area (Å²) in [6.45, 7) is 3.47. The van der Waals surface area contributed by atoms with Crippen LogP contribution in [0.1, 0.15) is 44.6 Å². The van der Waals surface area contributed by atoms with E-state index in [4.69, 9.17) is 0 Å². The molecule has 2 saturated heterocycles. The molecule has 1 N–H and O–H groups in total. The van der Waals surface area contributed by atoms with Crippen LogP contribution in [0.25, 0.3) is 0 Å². The molecule has 20 heavy (non-hydrogen) atoms. The lowest BCUT2D eigenvalue weighted by Crippen LogP contribution is -2.43. The van der Waals surface area contributed by atoms with Gasteiger partial charge in [-0.15, -0.1) is 0 Å². The normalized spacial score (nSPS) is 31.4. The van der Waals surface area contributed by atoms with E-state index in [2.05, 4.69) is 54.5 Å². The van der Waals surface area contributed by atoms with Gasteiger partial charge in [-0.1, -0.05) is 30.3 Å². The SMILES string of the molecule is CNC(C)CC1CC2CCC(C1)N2Cc1ccccc1. The molecule has 3 unspecified atom stereocenters. The zero-order chi connectivity index (χ0) is 13.9. The molecular formula is C18H28N2. The van der Waals surface area contributed by atoms with E-state index in [0.29, 0.717) is 6.04 Å². The van der Waals surface area contributed by atoms with Crippen molar-refractivity contribution in [3.8, 4) is 0 Å². The summed E-state index contributed by atoms with van der Waals surface area (Å²) in [5, 5.41) is 3.40. The summed E-state index contributed by atoms with van der Waals surface area (Å²) in [5.74, 6) is 0.932. The molecule has 0 radical (unpaired) electrons. The molecule has 2 heterocycles. The van der Waals surface area contributed by atoms with Gasteiger partial charge in [0.1, 0.15) is 0 Å². The van der Waals surface area contributed by atoms with Crippen LogP contribution in [0.5, 0.6) is 0 Å². The van der Waals surface area contributed by atoms with E-state index in [1.165, 1.54) is 37.7 Å². The summed E-state index contributed by atoms with van der Waals surface area (Å²) in [7, 11) is 2.09. The lowest BCUT2D eigenvalue weighted by molar-refractivity contribution is 0.0896. The van der Waals surface area contributed by atoms with Crippen LogP contribution in [-0.2, 0) is 6.54 Å². The van der Waals surface area contributed by atoms with Crippen molar-refractivity contribution in [2.75, 3.05) is 7.05 Å². The van der Waals surface area contributed by atoms with Crippen molar-refractivity contribution in [3.63, 3.8) is 0 Å². The van der Waals surface area contributed by atoms with E-state index < -0.39 is 0 Å². The molecule has 0 aliphatic carbocycles. The van der Waals surface area contributed by atoms with Crippen molar-refractivity contribution >= 4 is 0 Å². The molecule has 2 aliphatic heterocycles. The molecule has 0 amide bonds. The lowest BCUT2D eigenvalue weighted by Gasteiger charge is -2.39. The molecule has 0 aromatic heterocycles. The fourth-order valence-electron chi connectivity index (χ4n) is 4.25. The fourth-order valence-corrected chi connectivity index (χ4v) is 4.25. The smallest absolute Gasteiger partial charge is 0.0239 e. The Morgan fingerprint density at radius 2 is 1.80 bits per heavy atom. The van der Waals surface area contributed by atoms with Gasteiger partial charge in [-0.3, -0.25) is 4.90 Å². The summed E-state index contributed by atoms with van der Waals surface area (Å²) < 4.78 is 0. The molecule has 0 spiro atoms. The van der Waals surface area contributed by atoms with Crippen LogP contribution in [0.3, 0.4) is 0 Å². The molecule has 2 bridgehead atoms. The summed E-state index contributed by atoms with van der Waals surface area (Å²) in [5.41, 5.74) is 1.48. The van der Waals surface area contributed by atoms with Gasteiger partial charge in [-0.05, 0) is 57.6 Å². The predicted octanol–water partition coefficient (Wildman–Crippen LogP) is 3.43. The highest BCUT2D eigenvalue weighted by Crippen LogP contribution is 2.41. The van der Waals surface area contributed by atoms with Crippen molar-refractivity contribution in [2.24, 2.45) is 5.92 Å². The van der Waals surface area contributed by atoms with Gasteiger partial charge in [0.15, 0.2) is 0 Å². The second kappa shape index (κ2) is 6.28. The highest BCUT2D eigenvalue weighted by molar-refractivity contribution is 5.15. The zero-order valence-electron chi connectivity index (χ0n) is 12.9. The summed E-state index contributed by atoms with van der Waals surface area (Å²) in [4.78, 5) is 2.79. The average molecular weight is 272 g/mol. The number of nitrogens with zero attached hydrogens (tertiary/aromatic N) is 1. The van der Waals surface area contributed by atoms with Gasteiger partial charge < -0.3 is 5.32 Å². The molecule has 2 nitrogen and oxygen atoms in total. The van der Waals surface area contributed by atoms with E-state index in [1.807, 2.05) is 0 Å². The number of fused-ring (bicyclic) bond motifs is 2. The third-order valence-electron chi connectivity index (χ3n) is 5.37. The fraction of sp³-hybridized carbons (Fsp3) is 0.667. The number of hydrogen-bond acceptors (Lipinski definition) is 2. The monoisotopic (exact) mass is 272 g/mol. The largest absolute Gasteiger partial charge is 0.317 e. The predicted molar refractivity (Wildman–Crippen MR) is 84.7 cm³/mol. The minimum absolute atomic E-state index is 0.667. The Hall–Kier alpha value is -0.860. The quantitative estimate of drug-likeness (QED) is 0.883. The maximum absolute atomic E-state index is 3.40. The summed E-state index contributed by atoms with van der Waals surface area (Å²) in [6, 6.07) is 13.3. The average Bonchev–Trinajstić information content (AvgIpc) is 2.71. The Bertz CT molecular complexity index is 403. The molecule has 3 atom stereocenters. The minimum atomic E-state index is 0.667. The van der Waals surface area contributed by atoms with Crippen molar-refractivity contribution in [1.29, 1.82) is 0 Å². The van der Waals surface area contributed by atoms with Gasteiger partial charge >= 0.3 is 0 Å². The Balaban J connectivity index is 1.60. The molecule has 3 rings (SSSR count). The van der Waals surface area contributed by atoms with Crippen LogP contribution in [0.15, 0.2) is 30.3 Å². The zero-order valence-corrected chi connectivity index (χ0v) is 12.9. The van der Waals surface area contributed by atoms with Gasteiger partial charge in [0, 0.05) is 24.7 Å². The minimum Gasteiger partial charge on any atom is -0.317 e. The molecule has 2 heteroatoms. The first-order valence-corrected chi connectivity index (χ1v) is 8.23. The molecule has 1 aromatic rings. The van der Waals surface area contributed by atoms with E-state index >= 15 is 0 Å². The van der Waals surface area contributed by atoms with Crippen molar-refractivity contribution in [1.82, 2.24) is 10.2 Å². The second-order valence-electron chi connectivity index (χ2n) is 6.81. The Morgan fingerprint density at radius 3 is 2.40 bits per heavy atom. The van der Waals surface area contributed by atoms with E-state index in [0.717, 1.165) is 24.5 Å². The molecule has 0 saturated carbocycles. The molecule has 1 aromatic carbocycles. The van der Waals surface area contributed by atoms with Crippen molar-refractivity contribution in [3.05, 3.63) is 35.9 Å². The number of piperidine rings is 1. The first kappa shape index (κ1) is 14.1. The Labute approximate surface area is 123 Å². The standard InChI is InChI=1S/C18H28N2/c1-14(19-2)10-16-11-17-8-9-18(12-16)20(17)13-15-6-4-3-5-7-15/h3-7,14,16-19H,8-13H2,1-2H3. The first-order valence-electron chi connectivity index (χ1n) is 8.23. The van der Waals surface area contributed by atoms with Gasteiger partial charge in [0.05, 0.1) is 0 Å². The van der Waals surface area contributed by atoms with Crippen LogP contribution < -0.4 is 5.32 Å². The number of nitrogens with one attached hydrogen (secondary N) is 1.